The molecule has 0 aromatic heterocycles. The highest BCUT2D eigenvalue weighted by molar-refractivity contribution is 5.43. The first kappa shape index (κ1) is 16.8. The van der Waals surface area contributed by atoms with E-state index >= 15 is 0 Å². The lowest BCUT2D eigenvalue weighted by molar-refractivity contribution is 0.0706. The Hall–Kier alpha value is -1.26. The molecule has 0 amide bonds. The van der Waals surface area contributed by atoms with Crippen LogP contribution in [0.4, 0.5) is 0 Å². The average molecular weight is 281 g/mol. The fourth-order valence-electron chi connectivity index (χ4n) is 1.83. The Balaban J connectivity index is 2.74. The van der Waals surface area contributed by atoms with Crippen LogP contribution >= 0.6 is 0 Å². The average Bonchev–Trinajstić information content (AvgIpc) is 2.49. The first-order valence-corrected chi connectivity index (χ1v) is 7.19. The minimum absolute atomic E-state index is 0.0597. The lowest BCUT2D eigenvalue weighted by Gasteiger charge is -2.18. The fourth-order valence-corrected chi connectivity index (χ4v) is 1.83. The third kappa shape index (κ3) is 5.02. The lowest BCUT2D eigenvalue weighted by Crippen LogP contribution is -2.19. The molecule has 1 aromatic carbocycles. The highest BCUT2D eigenvalue weighted by Crippen LogP contribution is 2.30. The number of ether oxygens (including phenoxy) is 3. The molecular weight excluding hydrogens is 254 g/mol. The second kappa shape index (κ2) is 8.82. The van der Waals surface area contributed by atoms with Gasteiger partial charge in [0.1, 0.15) is 6.61 Å². The second-order valence-corrected chi connectivity index (χ2v) is 4.94. The van der Waals surface area contributed by atoms with Crippen LogP contribution in [-0.2, 0) is 4.74 Å². The molecule has 2 unspecified atom stereocenters. The molecule has 0 saturated heterocycles. The summed E-state index contributed by atoms with van der Waals surface area (Å²) < 4.78 is 16.3. The van der Waals surface area contributed by atoms with Crippen LogP contribution in [0.5, 0.6) is 11.5 Å². The molecule has 0 fully saturated rings. The van der Waals surface area contributed by atoms with E-state index < -0.39 is 0 Å². The predicted molar refractivity (Wildman–Crippen MR) is 81.7 cm³/mol. The number of hydrogen-bond acceptors (Lipinski definition) is 4. The molecule has 0 radical (unpaired) electrons. The molecule has 0 aliphatic carbocycles. The molecule has 4 heteroatoms. The Morgan fingerprint density at radius 1 is 1.15 bits per heavy atom. The van der Waals surface area contributed by atoms with Gasteiger partial charge in [0.2, 0.25) is 0 Å². The van der Waals surface area contributed by atoms with Crippen molar-refractivity contribution in [3.8, 4) is 11.5 Å². The van der Waals surface area contributed by atoms with Gasteiger partial charge in [-0.25, -0.2) is 0 Å². The normalized spacial score (nSPS) is 13.8. The molecule has 0 aliphatic rings. The molecule has 4 nitrogen and oxygen atoms in total. The van der Waals surface area contributed by atoms with Crippen LogP contribution in [0.2, 0.25) is 0 Å². The quantitative estimate of drug-likeness (QED) is 0.754. The largest absolute Gasteiger partial charge is 0.493 e. The second-order valence-electron chi connectivity index (χ2n) is 4.94. The minimum Gasteiger partial charge on any atom is -0.493 e. The predicted octanol–water partition coefficient (Wildman–Crippen LogP) is 3.17. The highest BCUT2D eigenvalue weighted by atomic mass is 16.5. The summed E-state index contributed by atoms with van der Waals surface area (Å²) >= 11 is 0. The van der Waals surface area contributed by atoms with Gasteiger partial charge >= 0.3 is 0 Å². The molecule has 2 atom stereocenters. The summed E-state index contributed by atoms with van der Waals surface area (Å²) in [4.78, 5) is 0. The molecule has 1 N–H and O–H groups in total. The van der Waals surface area contributed by atoms with E-state index in [9.17, 15) is 0 Å². The fraction of sp³-hybridized carbons (Fsp3) is 0.625. The monoisotopic (exact) mass is 281 g/mol. The van der Waals surface area contributed by atoms with E-state index in [4.69, 9.17) is 14.2 Å². The van der Waals surface area contributed by atoms with Crippen LogP contribution in [0.25, 0.3) is 0 Å². The maximum atomic E-state index is 5.73. The van der Waals surface area contributed by atoms with E-state index in [1.807, 2.05) is 19.1 Å². The number of hydrogen-bond donors (Lipinski definition) is 1. The zero-order chi connectivity index (χ0) is 15.0. The van der Waals surface area contributed by atoms with Crippen molar-refractivity contribution in [1.82, 2.24) is 5.32 Å². The van der Waals surface area contributed by atoms with Gasteiger partial charge in [0.05, 0.1) is 13.2 Å². The summed E-state index contributed by atoms with van der Waals surface area (Å²) in [6.07, 6.45) is 1.18. The molecule has 0 heterocycles. The number of nitrogens with one attached hydrogen (secondary N) is 1. The van der Waals surface area contributed by atoms with Crippen LogP contribution in [-0.4, -0.2) is 33.5 Å². The summed E-state index contributed by atoms with van der Waals surface area (Å²) in [6, 6.07) is 6.36. The first-order valence-electron chi connectivity index (χ1n) is 7.19. The van der Waals surface area contributed by atoms with Crippen molar-refractivity contribution in [3.05, 3.63) is 23.8 Å². The molecule has 114 valence electrons. The van der Waals surface area contributed by atoms with Gasteiger partial charge in [-0.1, -0.05) is 13.0 Å². The lowest BCUT2D eigenvalue weighted by atomic mass is 10.1. The Labute approximate surface area is 122 Å². The van der Waals surface area contributed by atoms with Gasteiger partial charge in [-0.15, -0.1) is 0 Å². The third-order valence-corrected chi connectivity index (χ3v) is 3.26. The number of methoxy groups -OCH3 is 2. The van der Waals surface area contributed by atoms with Crippen LogP contribution in [0.1, 0.15) is 38.8 Å². The van der Waals surface area contributed by atoms with Crippen molar-refractivity contribution in [2.24, 2.45) is 0 Å². The van der Waals surface area contributed by atoms with Crippen molar-refractivity contribution in [2.45, 2.75) is 39.3 Å². The van der Waals surface area contributed by atoms with E-state index in [-0.39, 0.29) is 6.10 Å². The maximum absolute atomic E-state index is 5.73. The third-order valence-electron chi connectivity index (χ3n) is 3.26. The summed E-state index contributed by atoms with van der Waals surface area (Å²) in [7, 11) is 3.34. The van der Waals surface area contributed by atoms with Gasteiger partial charge in [-0.2, -0.15) is 0 Å². The molecule has 1 aromatic rings. The van der Waals surface area contributed by atoms with Gasteiger partial charge in [0.15, 0.2) is 11.5 Å². The zero-order valence-electron chi connectivity index (χ0n) is 13.2. The van der Waals surface area contributed by atoms with Gasteiger partial charge in [0.25, 0.3) is 0 Å². The van der Waals surface area contributed by atoms with Gasteiger partial charge < -0.3 is 19.5 Å². The minimum atomic E-state index is 0.0597. The van der Waals surface area contributed by atoms with Crippen molar-refractivity contribution >= 4 is 0 Å². The van der Waals surface area contributed by atoms with Crippen molar-refractivity contribution in [3.63, 3.8) is 0 Å². The smallest absolute Gasteiger partial charge is 0.161 e. The zero-order valence-corrected chi connectivity index (χ0v) is 13.2. The van der Waals surface area contributed by atoms with E-state index in [2.05, 4.69) is 25.2 Å². The SMILES string of the molecule is CCCNC(C)c1ccc(OCC(C)OC)c(OC)c1. The van der Waals surface area contributed by atoms with Crippen LogP contribution < -0.4 is 14.8 Å². The molecular formula is C16H27NO3. The summed E-state index contributed by atoms with van der Waals surface area (Å²) in [5.41, 5.74) is 1.20. The Kier molecular flexibility index (Phi) is 7.41. The van der Waals surface area contributed by atoms with Gasteiger partial charge in [0, 0.05) is 13.2 Å². The van der Waals surface area contributed by atoms with Crippen LogP contribution in [0.15, 0.2) is 18.2 Å². The van der Waals surface area contributed by atoms with E-state index in [1.165, 1.54) is 5.56 Å². The van der Waals surface area contributed by atoms with Crippen molar-refractivity contribution in [1.29, 1.82) is 0 Å². The van der Waals surface area contributed by atoms with Crippen molar-refractivity contribution < 1.29 is 14.2 Å². The maximum Gasteiger partial charge on any atom is 0.161 e. The summed E-state index contributed by atoms with van der Waals surface area (Å²) in [6.45, 7) is 7.80. The van der Waals surface area contributed by atoms with Gasteiger partial charge in [-0.3, -0.25) is 0 Å². The van der Waals surface area contributed by atoms with Crippen LogP contribution in [0, 0.1) is 0 Å². The molecule has 1 rings (SSSR count). The molecule has 0 bridgehead atoms. The standard InChI is InChI=1S/C16H27NO3/c1-6-9-17-13(3)14-7-8-15(16(10-14)19-5)20-11-12(2)18-4/h7-8,10,12-13,17H,6,9,11H2,1-5H3. The molecule has 20 heavy (non-hydrogen) atoms. The Morgan fingerprint density at radius 2 is 1.90 bits per heavy atom. The Morgan fingerprint density at radius 3 is 2.50 bits per heavy atom. The van der Waals surface area contributed by atoms with Crippen LogP contribution in [0.3, 0.4) is 0 Å². The van der Waals surface area contributed by atoms with E-state index in [0.717, 1.165) is 24.5 Å². The number of rotatable bonds is 9. The first-order chi connectivity index (χ1) is 9.62. The topological polar surface area (TPSA) is 39.7 Å². The Bertz CT molecular complexity index is 395. The van der Waals surface area contributed by atoms with E-state index in [1.54, 1.807) is 14.2 Å². The van der Waals surface area contributed by atoms with Gasteiger partial charge in [-0.05, 0) is 44.5 Å². The van der Waals surface area contributed by atoms with E-state index in [0.29, 0.717) is 12.6 Å². The molecule has 0 saturated carbocycles. The molecule has 0 aliphatic heterocycles. The van der Waals surface area contributed by atoms with Crippen molar-refractivity contribution in [2.75, 3.05) is 27.4 Å². The highest BCUT2D eigenvalue weighted by Gasteiger charge is 2.11. The summed E-state index contributed by atoms with van der Waals surface area (Å²) in [5.74, 6) is 1.51. The molecule has 0 spiro atoms. The number of benzene rings is 1. The summed E-state index contributed by atoms with van der Waals surface area (Å²) in [5, 5.41) is 3.46.